The average molecular weight is 382 g/mol. The van der Waals surface area contributed by atoms with Gasteiger partial charge in [0.2, 0.25) is 0 Å². The molecular weight excluding hydrogens is 363 g/mol. The van der Waals surface area contributed by atoms with E-state index in [4.69, 9.17) is 9.47 Å². The molecule has 1 aromatic heterocycles. The van der Waals surface area contributed by atoms with Crippen LogP contribution in [0.1, 0.15) is 16.1 Å². The molecule has 28 heavy (non-hydrogen) atoms. The van der Waals surface area contributed by atoms with Crippen LogP contribution in [0.5, 0.6) is 11.5 Å². The maximum Gasteiger partial charge on any atom is 0.272 e. The number of rotatable bonds is 7. The van der Waals surface area contributed by atoms with Crippen molar-refractivity contribution in [3.63, 3.8) is 0 Å². The second-order valence-corrected chi connectivity index (χ2v) is 5.78. The first-order valence-electron chi connectivity index (χ1n) is 8.45. The maximum atomic E-state index is 13.7. The van der Waals surface area contributed by atoms with Crippen LogP contribution in [0.15, 0.2) is 54.6 Å². The monoisotopic (exact) mass is 382 g/mol. The molecule has 0 saturated heterocycles. The van der Waals surface area contributed by atoms with Gasteiger partial charge in [-0.1, -0.05) is 18.2 Å². The van der Waals surface area contributed by atoms with Crippen molar-refractivity contribution < 1.29 is 18.7 Å². The van der Waals surface area contributed by atoms with Crippen LogP contribution >= 0.6 is 0 Å². The number of nitrogens with zero attached hydrogens (tertiary/aromatic N) is 2. The lowest BCUT2D eigenvalue weighted by Crippen LogP contribution is -2.24. The highest BCUT2D eigenvalue weighted by Crippen LogP contribution is 2.27. The number of benzene rings is 2. The van der Waals surface area contributed by atoms with Gasteiger partial charge in [0, 0.05) is 6.54 Å². The molecule has 1 heterocycles. The van der Waals surface area contributed by atoms with E-state index >= 15 is 0 Å². The summed E-state index contributed by atoms with van der Waals surface area (Å²) >= 11 is 0. The number of aromatic nitrogens is 2. The Balaban J connectivity index is 1.61. The largest absolute Gasteiger partial charge is 0.493 e. The van der Waals surface area contributed by atoms with Gasteiger partial charge in [-0.05, 0) is 42.0 Å². The van der Waals surface area contributed by atoms with E-state index in [2.05, 4.69) is 20.8 Å². The second-order valence-electron chi connectivity index (χ2n) is 5.78. The summed E-state index contributed by atoms with van der Waals surface area (Å²) < 4.78 is 24.1. The first-order chi connectivity index (χ1) is 13.6. The fraction of sp³-hybridized carbons (Fsp3) is 0.150. The Morgan fingerprint density at radius 2 is 1.79 bits per heavy atom. The Hall–Kier alpha value is -3.68. The van der Waals surface area contributed by atoms with Crippen LogP contribution in [0.2, 0.25) is 0 Å². The van der Waals surface area contributed by atoms with Gasteiger partial charge in [-0.15, -0.1) is 10.2 Å². The van der Waals surface area contributed by atoms with Gasteiger partial charge in [0.15, 0.2) is 23.0 Å². The van der Waals surface area contributed by atoms with Crippen LogP contribution in [0.3, 0.4) is 0 Å². The molecule has 0 spiro atoms. The zero-order valence-corrected chi connectivity index (χ0v) is 15.4. The molecule has 0 bridgehead atoms. The lowest BCUT2D eigenvalue weighted by Gasteiger charge is -2.10. The van der Waals surface area contributed by atoms with Gasteiger partial charge in [-0.2, -0.15) is 0 Å². The van der Waals surface area contributed by atoms with E-state index in [9.17, 15) is 9.18 Å². The van der Waals surface area contributed by atoms with Crippen LogP contribution in [0.4, 0.5) is 15.9 Å². The minimum atomic E-state index is -0.402. The smallest absolute Gasteiger partial charge is 0.272 e. The summed E-state index contributed by atoms with van der Waals surface area (Å²) in [7, 11) is 3.11. The fourth-order valence-electron chi connectivity index (χ4n) is 2.48. The lowest BCUT2D eigenvalue weighted by molar-refractivity contribution is 0.0945. The number of hydrogen-bond donors (Lipinski definition) is 2. The Labute approximate surface area is 161 Å². The maximum absolute atomic E-state index is 13.7. The minimum Gasteiger partial charge on any atom is -0.493 e. The average Bonchev–Trinajstić information content (AvgIpc) is 2.74. The van der Waals surface area contributed by atoms with E-state index in [1.54, 1.807) is 50.6 Å². The van der Waals surface area contributed by atoms with Crippen molar-refractivity contribution in [2.24, 2.45) is 0 Å². The number of carbonyl (C=O) groups is 1. The molecule has 144 valence electrons. The summed E-state index contributed by atoms with van der Waals surface area (Å²) in [5.41, 5.74) is 1.28. The third-order valence-corrected chi connectivity index (χ3v) is 3.93. The topological polar surface area (TPSA) is 85.4 Å². The first kappa shape index (κ1) is 19.1. The van der Waals surface area contributed by atoms with Gasteiger partial charge in [-0.25, -0.2) is 4.39 Å². The molecule has 7 nitrogen and oxygen atoms in total. The third kappa shape index (κ3) is 4.53. The molecule has 3 rings (SSSR count). The van der Waals surface area contributed by atoms with Gasteiger partial charge in [0.25, 0.3) is 5.91 Å². The summed E-state index contributed by atoms with van der Waals surface area (Å²) in [4.78, 5) is 12.3. The molecular formula is C20H19FN4O3. The second kappa shape index (κ2) is 8.81. The first-order valence-corrected chi connectivity index (χ1v) is 8.45. The van der Waals surface area contributed by atoms with Gasteiger partial charge in [0.05, 0.1) is 19.9 Å². The number of para-hydroxylation sites is 1. The van der Waals surface area contributed by atoms with Gasteiger partial charge in [-0.3, -0.25) is 4.79 Å². The van der Waals surface area contributed by atoms with Crippen LogP contribution in [-0.4, -0.2) is 30.3 Å². The Morgan fingerprint density at radius 1 is 1.00 bits per heavy atom. The SMILES string of the molecule is COc1ccc(CNC(=O)c2ccc(Nc3ccccc3F)nn2)cc1OC. The summed E-state index contributed by atoms with van der Waals surface area (Å²) in [6, 6.07) is 14.7. The summed E-state index contributed by atoms with van der Waals surface area (Å²) in [6.07, 6.45) is 0. The molecule has 0 atom stereocenters. The van der Waals surface area contributed by atoms with E-state index in [-0.39, 0.29) is 23.8 Å². The van der Waals surface area contributed by atoms with E-state index < -0.39 is 5.82 Å². The number of nitrogens with one attached hydrogen (secondary N) is 2. The van der Waals surface area contributed by atoms with E-state index in [1.165, 1.54) is 12.1 Å². The minimum absolute atomic E-state index is 0.152. The molecule has 0 aliphatic carbocycles. The molecule has 8 heteroatoms. The van der Waals surface area contributed by atoms with Crippen LogP contribution < -0.4 is 20.1 Å². The summed E-state index contributed by atoms with van der Waals surface area (Å²) in [5, 5.41) is 13.4. The highest BCUT2D eigenvalue weighted by molar-refractivity contribution is 5.92. The molecule has 0 unspecified atom stereocenters. The Morgan fingerprint density at radius 3 is 2.46 bits per heavy atom. The van der Waals surface area contributed by atoms with Gasteiger partial charge >= 0.3 is 0 Å². The Kier molecular flexibility index (Phi) is 6.01. The number of carbonyl (C=O) groups excluding carboxylic acids is 1. The van der Waals surface area contributed by atoms with Gasteiger partial charge in [0.1, 0.15) is 5.82 Å². The number of hydrogen-bond acceptors (Lipinski definition) is 6. The van der Waals surface area contributed by atoms with Crippen LogP contribution in [-0.2, 0) is 6.54 Å². The van der Waals surface area contributed by atoms with Crippen molar-refractivity contribution in [2.45, 2.75) is 6.54 Å². The molecule has 3 aromatic rings. The van der Waals surface area contributed by atoms with Crippen molar-refractivity contribution >= 4 is 17.4 Å². The standard InChI is InChI=1S/C20H19FN4O3/c1-27-17-9-7-13(11-18(17)28-2)12-22-20(26)16-8-10-19(25-24-16)23-15-6-4-3-5-14(15)21/h3-11H,12H2,1-2H3,(H,22,26)(H,23,25). The lowest BCUT2D eigenvalue weighted by atomic mass is 10.2. The molecule has 0 aliphatic rings. The zero-order valence-electron chi connectivity index (χ0n) is 15.4. The highest BCUT2D eigenvalue weighted by atomic mass is 19.1. The molecule has 2 aromatic carbocycles. The fourth-order valence-corrected chi connectivity index (χ4v) is 2.48. The summed E-state index contributed by atoms with van der Waals surface area (Å²) in [6.45, 7) is 0.288. The van der Waals surface area contributed by atoms with E-state index in [0.29, 0.717) is 17.3 Å². The number of anilines is 2. The molecule has 0 fully saturated rings. The van der Waals surface area contributed by atoms with E-state index in [1.807, 2.05) is 6.07 Å². The predicted molar refractivity (Wildman–Crippen MR) is 102 cm³/mol. The molecule has 0 saturated carbocycles. The Bertz CT molecular complexity index is 964. The van der Waals surface area contributed by atoms with Crippen LogP contribution in [0.25, 0.3) is 0 Å². The molecule has 0 aliphatic heterocycles. The number of halogens is 1. The van der Waals surface area contributed by atoms with Crippen molar-refractivity contribution in [2.75, 3.05) is 19.5 Å². The quantitative estimate of drug-likeness (QED) is 0.652. The predicted octanol–water partition coefficient (Wildman–Crippen LogP) is 3.31. The molecule has 2 N–H and O–H groups in total. The molecule has 0 radical (unpaired) electrons. The van der Waals surface area contributed by atoms with Gasteiger partial charge < -0.3 is 20.1 Å². The number of methoxy groups -OCH3 is 2. The van der Waals surface area contributed by atoms with Crippen molar-refractivity contribution in [3.05, 3.63) is 71.7 Å². The van der Waals surface area contributed by atoms with Crippen LogP contribution in [0, 0.1) is 5.82 Å². The summed E-state index contributed by atoms with van der Waals surface area (Å²) in [5.74, 6) is 0.751. The highest BCUT2D eigenvalue weighted by Gasteiger charge is 2.10. The van der Waals surface area contributed by atoms with Crippen molar-refractivity contribution in [1.82, 2.24) is 15.5 Å². The van der Waals surface area contributed by atoms with E-state index in [0.717, 1.165) is 5.56 Å². The van der Waals surface area contributed by atoms with Crippen molar-refractivity contribution in [3.8, 4) is 11.5 Å². The number of amides is 1. The zero-order chi connectivity index (χ0) is 19.9. The van der Waals surface area contributed by atoms with Crippen molar-refractivity contribution in [1.29, 1.82) is 0 Å². The number of ether oxygens (including phenoxy) is 2. The third-order valence-electron chi connectivity index (χ3n) is 3.93. The normalized spacial score (nSPS) is 10.2. The molecule has 1 amide bonds.